The maximum absolute atomic E-state index is 4.37. The summed E-state index contributed by atoms with van der Waals surface area (Å²) >= 11 is 3.55. The van der Waals surface area contributed by atoms with Gasteiger partial charge in [0.2, 0.25) is 0 Å². The van der Waals surface area contributed by atoms with Gasteiger partial charge in [0.05, 0.1) is 18.2 Å². The Hall–Kier alpha value is -1.13. The second kappa shape index (κ2) is 6.10. The van der Waals surface area contributed by atoms with E-state index in [4.69, 9.17) is 0 Å². The zero-order chi connectivity index (χ0) is 13.9. The zero-order valence-corrected chi connectivity index (χ0v) is 13.3. The molecule has 4 heteroatoms. The van der Waals surface area contributed by atoms with Gasteiger partial charge in [-0.3, -0.25) is 0 Å². The van der Waals surface area contributed by atoms with Crippen LogP contribution in [-0.2, 0) is 0 Å². The molecule has 0 spiro atoms. The first-order chi connectivity index (χ1) is 9.78. The average molecular weight is 334 g/mol. The molecule has 1 aromatic carbocycles. The van der Waals surface area contributed by atoms with Crippen molar-refractivity contribution in [2.24, 2.45) is 0 Å². The van der Waals surface area contributed by atoms with E-state index in [1.54, 1.807) is 0 Å². The fourth-order valence-corrected chi connectivity index (χ4v) is 3.51. The zero-order valence-electron chi connectivity index (χ0n) is 11.7. The molecule has 1 N–H and O–H groups in total. The van der Waals surface area contributed by atoms with Crippen LogP contribution in [0.4, 0.5) is 0 Å². The number of nitrogens with one attached hydrogen (secondary N) is 1. The van der Waals surface area contributed by atoms with Crippen LogP contribution < -0.4 is 5.32 Å². The van der Waals surface area contributed by atoms with Gasteiger partial charge in [-0.05, 0) is 44.9 Å². The summed E-state index contributed by atoms with van der Waals surface area (Å²) in [6.45, 7) is 0. The number of imidazole rings is 1. The largest absolute Gasteiger partial charge is 0.328 e. The highest BCUT2D eigenvalue weighted by Crippen LogP contribution is 2.33. The number of hydrogen-bond donors (Lipinski definition) is 1. The lowest BCUT2D eigenvalue weighted by Crippen LogP contribution is -2.31. The van der Waals surface area contributed by atoms with E-state index in [9.17, 15) is 0 Å². The molecule has 1 heterocycles. The van der Waals surface area contributed by atoms with E-state index in [2.05, 4.69) is 62.1 Å². The SMILES string of the molecule is CNC1CCC(n2cncc2-c2cccc(Br)c2)CC1. The van der Waals surface area contributed by atoms with E-state index >= 15 is 0 Å². The molecule has 0 bridgehead atoms. The Morgan fingerprint density at radius 3 is 2.75 bits per heavy atom. The van der Waals surface area contributed by atoms with Crippen molar-refractivity contribution in [2.75, 3.05) is 7.05 Å². The first-order valence-corrected chi connectivity index (χ1v) is 8.02. The Bertz CT molecular complexity index is 571. The predicted molar refractivity (Wildman–Crippen MR) is 85.7 cm³/mol. The smallest absolute Gasteiger partial charge is 0.0953 e. The van der Waals surface area contributed by atoms with Gasteiger partial charge in [0.15, 0.2) is 0 Å². The third-order valence-electron chi connectivity index (χ3n) is 4.28. The number of hydrogen-bond acceptors (Lipinski definition) is 2. The van der Waals surface area contributed by atoms with Crippen molar-refractivity contribution in [1.82, 2.24) is 14.9 Å². The van der Waals surface area contributed by atoms with E-state index in [-0.39, 0.29) is 0 Å². The van der Waals surface area contributed by atoms with Gasteiger partial charge in [0.1, 0.15) is 0 Å². The topological polar surface area (TPSA) is 29.9 Å². The highest BCUT2D eigenvalue weighted by atomic mass is 79.9. The van der Waals surface area contributed by atoms with Gasteiger partial charge in [-0.15, -0.1) is 0 Å². The Labute approximate surface area is 128 Å². The molecule has 1 aliphatic carbocycles. The van der Waals surface area contributed by atoms with Crippen LogP contribution in [0, 0.1) is 0 Å². The van der Waals surface area contributed by atoms with E-state index < -0.39 is 0 Å². The first-order valence-electron chi connectivity index (χ1n) is 7.23. The van der Waals surface area contributed by atoms with Crippen LogP contribution in [0.15, 0.2) is 41.3 Å². The lowest BCUT2D eigenvalue weighted by atomic mass is 9.91. The number of aromatic nitrogens is 2. The lowest BCUT2D eigenvalue weighted by Gasteiger charge is -2.30. The molecule has 1 saturated carbocycles. The van der Waals surface area contributed by atoms with Crippen LogP contribution in [0.25, 0.3) is 11.3 Å². The molecule has 3 nitrogen and oxygen atoms in total. The van der Waals surface area contributed by atoms with Gasteiger partial charge in [-0.25, -0.2) is 4.98 Å². The van der Waals surface area contributed by atoms with Gasteiger partial charge in [0, 0.05) is 22.1 Å². The molecule has 0 aliphatic heterocycles. The molecule has 0 radical (unpaired) electrons. The summed E-state index contributed by atoms with van der Waals surface area (Å²) in [5, 5.41) is 3.39. The van der Waals surface area contributed by atoms with Crippen LogP contribution in [-0.4, -0.2) is 22.6 Å². The Morgan fingerprint density at radius 2 is 2.05 bits per heavy atom. The van der Waals surface area contributed by atoms with Gasteiger partial charge in [0.25, 0.3) is 0 Å². The second-order valence-electron chi connectivity index (χ2n) is 5.49. The van der Waals surface area contributed by atoms with E-state index in [0.29, 0.717) is 12.1 Å². The average Bonchev–Trinajstić information content (AvgIpc) is 2.97. The molecule has 0 atom stereocenters. The second-order valence-corrected chi connectivity index (χ2v) is 6.41. The highest BCUT2D eigenvalue weighted by Gasteiger charge is 2.22. The maximum atomic E-state index is 4.37. The van der Waals surface area contributed by atoms with Crippen LogP contribution in [0.5, 0.6) is 0 Å². The molecule has 1 aliphatic rings. The van der Waals surface area contributed by atoms with E-state index in [1.165, 1.54) is 36.9 Å². The summed E-state index contributed by atoms with van der Waals surface area (Å²) in [5.74, 6) is 0. The molecule has 0 saturated heterocycles. The number of halogens is 1. The minimum atomic E-state index is 0.580. The molecule has 20 heavy (non-hydrogen) atoms. The summed E-state index contributed by atoms with van der Waals surface area (Å²) in [5.41, 5.74) is 2.45. The molecular formula is C16H20BrN3. The van der Waals surface area contributed by atoms with Crippen molar-refractivity contribution >= 4 is 15.9 Å². The summed E-state index contributed by atoms with van der Waals surface area (Å²) in [7, 11) is 2.06. The molecular weight excluding hydrogens is 314 g/mol. The minimum Gasteiger partial charge on any atom is -0.328 e. The minimum absolute atomic E-state index is 0.580. The maximum Gasteiger partial charge on any atom is 0.0953 e. The molecule has 106 valence electrons. The van der Waals surface area contributed by atoms with Crippen molar-refractivity contribution in [1.29, 1.82) is 0 Å². The Balaban J connectivity index is 1.84. The molecule has 0 unspecified atom stereocenters. The van der Waals surface area contributed by atoms with E-state index in [1.807, 2.05) is 12.5 Å². The van der Waals surface area contributed by atoms with Crippen LogP contribution in [0.3, 0.4) is 0 Å². The van der Waals surface area contributed by atoms with Gasteiger partial charge >= 0.3 is 0 Å². The molecule has 0 amide bonds. The summed E-state index contributed by atoms with van der Waals surface area (Å²) < 4.78 is 3.47. The van der Waals surface area contributed by atoms with Gasteiger partial charge < -0.3 is 9.88 Å². The van der Waals surface area contributed by atoms with Gasteiger partial charge in [-0.1, -0.05) is 28.1 Å². The van der Waals surface area contributed by atoms with Crippen LogP contribution in [0.2, 0.25) is 0 Å². The third-order valence-corrected chi connectivity index (χ3v) is 4.78. The lowest BCUT2D eigenvalue weighted by molar-refractivity contribution is 0.302. The fraction of sp³-hybridized carbons (Fsp3) is 0.438. The Morgan fingerprint density at radius 1 is 1.25 bits per heavy atom. The summed E-state index contributed by atoms with van der Waals surface area (Å²) in [6, 6.07) is 9.71. The van der Waals surface area contributed by atoms with Crippen molar-refractivity contribution in [3.8, 4) is 11.3 Å². The van der Waals surface area contributed by atoms with Crippen LogP contribution in [0.1, 0.15) is 31.7 Å². The fourth-order valence-electron chi connectivity index (χ4n) is 3.11. The van der Waals surface area contributed by atoms with Crippen molar-refractivity contribution in [2.45, 2.75) is 37.8 Å². The van der Waals surface area contributed by atoms with Gasteiger partial charge in [-0.2, -0.15) is 0 Å². The number of benzene rings is 1. The van der Waals surface area contributed by atoms with Crippen molar-refractivity contribution in [3.63, 3.8) is 0 Å². The standard InChI is InChI=1S/C16H20BrN3/c1-18-14-5-7-15(8-6-14)20-11-19-10-16(20)12-3-2-4-13(17)9-12/h2-4,9-11,14-15,18H,5-8H2,1H3. The molecule has 2 aromatic rings. The Kier molecular flexibility index (Phi) is 4.22. The highest BCUT2D eigenvalue weighted by molar-refractivity contribution is 9.10. The molecule has 1 aromatic heterocycles. The summed E-state index contributed by atoms with van der Waals surface area (Å²) in [6.07, 6.45) is 8.91. The third kappa shape index (κ3) is 2.81. The van der Waals surface area contributed by atoms with Crippen molar-refractivity contribution in [3.05, 3.63) is 41.3 Å². The number of rotatable bonds is 3. The predicted octanol–water partition coefficient (Wildman–Crippen LogP) is 4.02. The van der Waals surface area contributed by atoms with E-state index in [0.717, 1.165) is 4.47 Å². The van der Waals surface area contributed by atoms with Crippen molar-refractivity contribution < 1.29 is 0 Å². The first kappa shape index (κ1) is 13.8. The van der Waals surface area contributed by atoms with Crippen LogP contribution >= 0.6 is 15.9 Å². The summed E-state index contributed by atoms with van der Waals surface area (Å²) in [4.78, 5) is 4.37. The quantitative estimate of drug-likeness (QED) is 0.919. The molecule has 1 fully saturated rings. The monoisotopic (exact) mass is 333 g/mol. The number of nitrogens with zero attached hydrogens (tertiary/aromatic N) is 2. The molecule has 3 rings (SSSR count). The normalized spacial score (nSPS) is 22.9.